The van der Waals surface area contributed by atoms with Gasteiger partial charge in [-0.15, -0.1) is 0 Å². The third-order valence-corrected chi connectivity index (χ3v) is 2.02. The summed E-state index contributed by atoms with van der Waals surface area (Å²) in [6.07, 6.45) is 0.991. The number of hydrogen-bond donors (Lipinski definition) is 2. The summed E-state index contributed by atoms with van der Waals surface area (Å²) in [7, 11) is 0. The van der Waals surface area contributed by atoms with E-state index in [1.807, 2.05) is 6.92 Å². The Balaban J connectivity index is 3.34. The monoisotopic (exact) mass is 232 g/mol. The van der Waals surface area contributed by atoms with E-state index in [2.05, 4.69) is 31.4 Å². The zero-order valence-corrected chi connectivity index (χ0v) is 11.2. The highest BCUT2D eigenvalue weighted by molar-refractivity contribution is 7.80. The zero-order chi connectivity index (χ0) is 11.7. The van der Waals surface area contributed by atoms with Crippen LogP contribution in [0.1, 0.15) is 34.1 Å². The summed E-state index contributed by atoms with van der Waals surface area (Å²) in [6, 6.07) is 0. The number of thiocarbonyl (C=S) groups is 1. The lowest BCUT2D eigenvalue weighted by Gasteiger charge is -2.20. The van der Waals surface area contributed by atoms with Crippen LogP contribution in [-0.2, 0) is 4.74 Å². The molecule has 0 fully saturated rings. The summed E-state index contributed by atoms with van der Waals surface area (Å²) >= 11 is 5.14. The van der Waals surface area contributed by atoms with Crippen LogP contribution in [0, 0.1) is 5.41 Å². The van der Waals surface area contributed by atoms with Crippen molar-refractivity contribution in [3.63, 3.8) is 0 Å². The maximum Gasteiger partial charge on any atom is 0.166 e. The van der Waals surface area contributed by atoms with Crippen LogP contribution in [0.3, 0.4) is 0 Å². The van der Waals surface area contributed by atoms with Gasteiger partial charge in [-0.3, -0.25) is 0 Å². The minimum atomic E-state index is 0.261. The molecule has 4 heteroatoms. The quantitative estimate of drug-likeness (QED) is 0.541. The molecular weight excluding hydrogens is 208 g/mol. The average Bonchev–Trinajstić information content (AvgIpc) is 2.13. The first-order valence-corrected chi connectivity index (χ1v) is 5.96. The number of hydrogen-bond acceptors (Lipinski definition) is 2. The average molecular weight is 232 g/mol. The van der Waals surface area contributed by atoms with Gasteiger partial charge in [-0.05, 0) is 31.0 Å². The van der Waals surface area contributed by atoms with Gasteiger partial charge in [0.05, 0.1) is 0 Å². The molecule has 0 unspecified atom stereocenters. The van der Waals surface area contributed by atoms with Crippen molar-refractivity contribution in [2.45, 2.75) is 34.1 Å². The molecule has 0 saturated carbocycles. The zero-order valence-electron chi connectivity index (χ0n) is 10.4. The molecule has 2 N–H and O–H groups in total. The SMILES string of the molecule is CCOCCCNC(=S)NCC(C)(C)C. The largest absolute Gasteiger partial charge is 0.382 e. The summed E-state index contributed by atoms with van der Waals surface area (Å²) in [5.41, 5.74) is 0.261. The summed E-state index contributed by atoms with van der Waals surface area (Å²) in [6.45, 7) is 11.9. The van der Waals surface area contributed by atoms with E-state index in [4.69, 9.17) is 17.0 Å². The molecule has 0 aromatic heterocycles. The standard InChI is InChI=1S/C11H24N2OS/c1-5-14-8-6-7-12-10(15)13-9-11(2,3)4/h5-9H2,1-4H3,(H2,12,13,15). The lowest BCUT2D eigenvalue weighted by atomic mass is 9.97. The lowest BCUT2D eigenvalue weighted by molar-refractivity contribution is 0.145. The van der Waals surface area contributed by atoms with Gasteiger partial charge >= 0.3 is 0 Å². The molecule has 0 aliphatic carbocycles. The van der Waals surface area contributed by atoms with E-state index in [1.165, 1.54) is 0 Å². The van der Waals surface area contributed by atoms with Crippen LogP contribution in [-0.4, -0.2) is 31.4 Å². The van der Waals surface area contributed by atoms with E-state index >= 15 is 0 Å². The molecule has 0 radical (unpaired) electrons. The van der Waals surface area contributed by atoms with Gasteiger partial charge in [-0.2, -0.15) is 0 Å². The smallest absolute Gasteiger partial charge is 0.166 e. The Labute approximate surface area is 99.0 Å². The van der Waals surface area contributed by atoms with Crippen LogP contribution in [0.2, 0.25) is 0 Å². The molecule has 0 atom stereocenters. The van der Waals surface area contributed by atoms with Crippen molar-refractivity contribution in [2.75, 3.05) is 26.3 Å². The highest BCUT2D eigenvalue weighted by Crippen LogP contribution is 2.09. The van der Waals surface area contributed by atoms with Crippen molar-refractivity contribution in [1.82, 2.24) is 10.6 Å². The number of ether oxygens (including phenoxy) is 1. The molecule has 0 aromatic carbocycles. The maximum absolute atomic E-state index is 5.23. The molecule has 0 rings (SSSR count). The second-order valence-corrected chi connectivity index (χ2v) is 5.13. The Bertz CT molecular complexity index is 178. The number of rotatable bonds is 6. The fourth-order valence-corrected chi connectivity index (χ4v) is 1.10. The van der Waals surface area contributed by atoms with Crippen LogP contribution in [0.25, 0.3) is 0 Å². The molecule has 0 aromatic rings. The van der Waals surface area contributed by atoms with Crippen molar-refractivity contribution in [2.24, 2.45) is 5.41 Å². The van der Waals surface area contributed by atoms with Gasteiger partial charge in [0.2, 0.25) is 0 Å². The number of nitrogens with one attached hydrogen (secondary N) is 2. The Kier molecular flexibility index (Phi) is 7.70. The molecule has 0 spiro atoms. The van der Waals surface area contributed by atoms with Crippen LogP contribution >= 0.6 is 12.2 Å². The molecular formula is C11H24N2OS. The molecule has 0 saturated heterocycles. The first-order valence-electron chi connectivity index (χ1n) is 5.55. The summed E-state index contributed by atoms with van der Waals surface area (Å²) < 4.78 is 5.23. The normalized spacial score (nSPS) is 11.2. The summed E-state index contributed by atoms with van der Waals surface area (Å²) in [5, 5.41) is 7.08. The molecule has 0 amide bonds. The van der Waals surface area contributed by atoms with Crippen LogP contribution < -0.4 is 10.6 Å². The van der Waals surface area contributed by atoms with Gasteiger partial charge in [-0.1, -0.05) is 20.8 Å². The van der Waals surface area contributed by atoms with Crippen LogP contribution in [0.4, 0.5) is 0 Å². The van der Waals surface area contributed by atoms with Crippen LogP contribution in [0.15, 0.2) is 0 Å². The highest BCUT2D eigenvalue weighted by atomic mass is 32.1. The highest BCUT2D eigenvalue weighted by Gasteiger charge is 2.09. The van der Waals surface area contributed by atoms with Crippen molar-refractivity contribution >= 4 is 17.3 Å². The van der Waals surface area contributed by atoms with Gasteiger partial charge < -0.3 is 15.4 Å². The van der Waals surface area contributed by atoms with E-state index < -0.39 is 0 Å². The van der Waals surface area contributed by atoms with E-state index in [0.29, 0.717) is 0 Å². The maximum atomic E-state index is 5.23. The van der Waals surface area contributed by atoms with Crippen molar-refractivity contribution in [3.8, 4) is 0 Å². The van der Waals surface area contributed by atoms with E-state index in [9.17, 15) is 0 Å². The van der Waals surface area contributed by atoms with E-state index in [1.54, 1.807) is 0 Å². The van der Waals surface area contributed by atoms with Gasteiger partial charge in [0.25, 0.3) is 0 Å². The third kappa shape index (κ3) is 11.6. The lowest BCUT2D eigenvalue weighted by Crippen LogP contribution is -2.40. The molecule has 0 aliphatic rings. The fourth-order valence-electron chi connectivity index (χ4n) is 0.928. The van der Waals surface area contributed by atoms with Gasteiger partial charge in [-0.25, -0.2) is 0 Å². The van der Waals surface area contributed by atoms with Crippen LogP contribution in [0.5, 0.6) is 0 Å². The van der Waals surface area contributed by atoms with Gasteiger partial charge in [0.15, 0.2) is 5.11 Å². The Morgan fingerprint density at radius 1 is 1.27 bits per heavy atom. The summed E-state index contributed by atoms with van der Waals surface area (Å²) in [5.74, 6) is 0. The third-order valence-electron chi connectivity index (χ3n) is 1.73. The topological polar surface area (TPSA) is 33.3 Å². The molecule has 0 heterocycles. The van der Waals surface area contributed by atoms with Gasteiger partial charge in [0, 0.05) is 26.3 Å². The first kappa shape index (κ1) is 14.6. The molecule has 0 bridgehead atoms. The molecule has 15 heavy (non-hydrogen) atoms. The van der Waals surface area contributed by atoms with E-state index in [0.717, 1.165) is 37.8 Å². The Morgan fingerprint density at radius 2 is 1.93 bits per heavy atom. The van der Waals surface area contributed by atoms with Gasteiger partial charge in [0.1, 0.15) is 0 Å². The minimum Gasteiger partial charge on any atom is -0.382 e. The molecule has 3 nitrogen and oxygen atoms in total. The fraction of sp³-hybridized carbons (Fsp3) is 0.909. The molecule has 0 aliphatic heterocycles. The second-order valence-electron chi connectivity index (χ2n) is 4.72. The van der Waals surface area contributed by atoms with Crippen molar-refractivity contribution in [1.29, 1.82) is 0 Å². The minimum absolute atomic E-state index is 0.261. The first-order chi connectivity index (χ1) is 6.95. The molecule has 90 valence electrons. The predicted octanol–water partition coefficient (Wildman–Crippen LogP) is 1.92. The van der Waals surface area contributed by atoms with Crippen molar-refractivity contribution < 1.29 is 4.74 Å². The predicted molar refractivity (Wildman–Crippen MR) is 69.2 cm³/mol. The second kappa shape index (κ2) is 7.88. The Hall–Kier alpha value is -0.350. The Morgan fingerprint density at radius 3 is 2.47 bits per heavy atom. The summed E-state index contributed by atoms with van der Waals surface area (Å²) in [4.78, 5) is 0. The van der Waals surface area contributed by atoms with Crippen molar-refractivity contribution in [3.05, 3.63) is 0 Å². The van der Waals surface area contributed by atoms with E-state index in [-0.39, 0.29) is 5.41 Å².